The van der Waals surface area contributed by atoms with Crippen LogP contribution in [0.5, 0.6) is 5.88 Å². The number of hydrogen-bond donors (Lipinski definition) is 2. The van der Waals surface area contributed by atoms with Gasteiger partial charge in [0.25, 0.3) is 0 Å². The summed E-state index contributed by atoms with van der Waals surface area (Å²) in [7, 11) is 1.74. The Labute approximate surface area is 160 Å². The first kappa shape index (κ1) is 19.2. The van der Waals surface area contributed by atoms with Crippen LogP contribution in [0.1, 0.15) is 55.0 Å². The molecule has 3 rings (SSSR count). The number of aromatic nitrogens is 2. The van der Waals surface area contributed by atoms with Gasteiger partial charge in [-0.25, -0.2) is 9.97 Å². The van der Waals surface area contributed by atoms with Crippen molar-refractivity contribution in [1.82, 2.24) is 20.6 Å². The minimum Gasteiger partial charge on any atom is -0.474 e. The molecule has 0 saturated heterocycles. The van der Waals surface area contributed by atoms with Crippen molar-refractivity contribution in [2.45, 2.75) is 65.1 Å². The fraction of sp³-hybridized carbons (Fsp3) is 0.550. The predicted octanol–water partition coefficient (Wildman–Crippen LogP) is 3.26. The number of pyridine rings is 1. The van der Waals surface area contributed by atoms with Crippen molar-refractivity contribution >= 4 is 5.96 Å². The highest BCUT2D eigenvalue weighted by molar-refractivity contribution is 5.79. The smallest absolute Gasteiger partial charge is 0.214 e. The lowest BCUT2D eigenvalue weighted by Crippen LogP contribution is -2.36. The second-order valence-corrected chi connectivity index (χ2v) is 6.91. The number of nitrogens with one attached hydrogen (secondary N) is 2. The van der Waals surface area contributed by atoms with Gasteiger partial charge in [-0.1, -0.05) is 6.42 Å². The molecule has 7 heteroatoms. The second-order valence-electron chi connectivity index (χ2n) is 6.91. The van der Waals surface area contributed by atoms with E-state index in [0.717, 1.165) is 29.9 Å². The quantitative estimate of drug-likeness (QED) is 0.599. The Kier molecular flexibility index (Phi) is 6.68. The molecule has 2 heterocycles. The molecule has 1 fully saturated rings. The molecule has 0 radical (unpaired) electrons. The Balaban J connectivity index is 1.49. The van der Waals surface area contributed by atoms with E-state index < -0.39 is 0 Å². The summed E-state index contributed by atoms with van der Waals surface area (Å²) in [6.45, 7) is 4.97. The fourth-order valence-corrected chi connectivity index (χ4v) is 3.16. The molecule has 2 aromatic rings. The lowest BCUT2D eigenvalue weighted by atomic mass is 9.98. The standard InChI is InChI=1S/C20H29N5O2/c1-14-15(2)26-19(25-14)13-24-20(21-3)23-12-16-9-10-22-18(11-16)27-17-7-5-4-6-8-17/h9-11,17H,4-8,12-13H2,1-3H3,(H2,21,23,24). The average molecular weight is 371 g/mol. The summed E-state index contributed by atoms with van der Waals surface area (Å²) in [6.07, 6.45) is 8.16. The maximum Gasteiger partial charge on any atom is 0.214 e. The minimum absolute atomic E-state index is 0.302. The summed E-state index contributed by atoms with van der Waals surface area (Å²) in [5, 5.41) is 6.51. The van der Waals surface area contributed by atoms with Crippen LogP contribution in [-0.4, -0.2) is 29.1 Å². The second kappa shape index (κ2) is 9.39. The number of nitrogens with zero attached hydrogens (tertiary/aromatic N) is 3. The third-order valence-electron chi connectivity index (χ3n) is 4.80. The first-order chi connectivity index (χ1) is 13.1. The predicted molar refractivity (Wildman–Crippen MR) is 105 cm³/mol. The van der Waals surface area contributed by atoms with Gasteiger partial charge in [-0.3, -0.25) is 4.99 Å². The molecule has 1 aliphatic rings. The van der Waals surface area contributed by atoms with E-state index >= 15 is 0 Å². The molecule has 27 heavy (non-hydrogen) atoms. The Morgan fingerprint density at radius 1 is 1.22 bits per heavy atom. The lowest BCUT2D eigenvalue weighted by Gasteiger charge is -2.22. The summed E-state index contributed by atoms with van der Waals surface area (Å²) in [6, 6.07) is 3.98. The van der Waals surface area contributed by atoms with Gasteiger partial charge in [-0.2, -0.15) is 0 Å². The maximum atomic E-state index is 6.04. The molecule has 1 aliphatic carbocycles. The number of aryl methyl sites for hydroxylation is 2. The number of oxazole rings is 1. The van der Waals surface area contributed by atoms with Crippen molar-refractivity contribution in [2.24, 2.45) is 4.99 Å². The van der Waals surface area contributed by atoms with Crippen LogP contribution in [0, 0.1) is 13.8 Å². The molecule has 2 aromatic heterocycles. The van der Waals surface area contributed by atoms with Crippen LogP contribution in [0.3, 0.4) is 0 Å². The van der Waals surface area contributed by atoms with Crippen LogP contribution >= 0.6 is 0 Å². The highest BCUT2D eigenvalue weighted by Crippen LogP contribution is 2.22. The highest BCUT2D eigenvalue weighted by atomic mass is 16.5. The number of hydrogen-bond acceptors (Lipinski definition) is 5. The van der Waals surface area contributed by atoms with E-state index in [4.69, 9.17) is 9.15 Å². The topological polar surface area (TPSA) is 84.6 Å². The van der Waals surface area contributed by atoms with E-state index in [2.05, 4.69) is 25.6 Å². The Morgan fingerprint density at radius 2 is 2.00 bits per heavy atom. The molecular weight excluding hydrogens is 342 g/mol. The van der Waals surface area contributed by atoms with E-state index in [0.29, 0.717) is 36.9 Å². The van der Waals surface area contributed by atoms with Crippen molar-refractivity contribution in [3.8, 4) is 5.88 Å². The van der Waals surface area contributed by atoms with Crippen LogP contribution in [0.4, 0.5) is 0 Å². The van der Waals surface area contributed by atoms with Gasteiger partial charge < -0.3 is 19.8 Å². The van der Waals surface area contributed by atoms with Gasteiger partial charge in [-0.05, 0) is 51.2 Å². The molecule has 146 valence electrons. The first-order valence-corrected chi connectivity index (χ1v) is 9.63. The largest absolute Gasteiger partial charge is 0.474 e. The van der Waals surface area contributed by atoms with Crippen LogP contribution in [0.2, 0.25) is 0 Å². The number of ether oxygens (including phenoxy) is 1. The van der Waals surface area contributed by atoms with E-state index in [-0.39, 0.29) is 0 Å². The SMILES string of the molecule is CN=C(NCc1ccnc(OC2CCCCC2)c1)NCc1nc(C)c(C)o1. The van der Waals surface area contributed by atoms with Gasteiger partial charge in [0.15, 0.2) is 5.96 Å². The highest BCUT2D eigenvalue weighted by Gasteiger charge is 2.15. The van der Waals surface area contributed by atoms with Crippen molar-refractivity contribution < 1.29 is 9.15 Å². The molecule has 0 bridgehead atoms. The molecule has 0 aliphatic heterocycles. The summed E-state index contributed by atoms with van der Waals surface area (Å²) in [4.78, 5) is 13.0. The van der Waals surface area contributed by atoms with E-state index in [1.54, 1.807) is 13.2 Å². The van der Waals surface area contributed by atoms with Gasteiger partial charge in [-0.15, -0.1) is 0 Å². The average Bonchev–Trinajstić information content (AvgIpc) is 3.01. The molecular formula is C20H29N5O2. The van der Waals surface area contributed by atoms with Gasteiger partial charge in [0.1, 0.15) is 11.9 Å². The normalized spacial score (nSPS) is 15.6. The van der Waals surface area contributed by atoms with Crippen molar-refractivity contribution in [2.75, 3.05) is 7.05 Å². The number of guanidine groups is 1. The van der Waals surface area contributed by atoms with Gasteiger partial charge in [0.2, 0.25) is 11.8 Å². The molecule has 0 amide bonds. The van der Waals surface area contributed by atoms with E-state index in [1.165, 1.54) is 19.3 Å². The van der Waals surface area contributed by atoms with E-state index in [9.17, 15) is 0 Å². The summed E-state index contributed by atoms with van der Waals surface area (Å²) >= 11 is 0. The third-order valence-corrected chi connectivity index (χ3v) is 4.80. The monoisotopic (exact) mass is 371 g/mol. The van der Waals surface area contributed by atoms with Crippen molar-refractivity contribution in [3.05, 3.63) is 41.2 Å². The Hall–Kier alpha value is -2.57. The van der Waals surface area contributed by atoms with Crippen molar-refractivity contribution in [3.63, 3.8) is 0 Å². The van der Waals surface area contributed by atoms with Crippen LogP contribution in [-0.2, 0) is 13.1 Å². The zero-order chi connectivity index (χ0) is 19.1. The van der Waals surface area contributed by atoms with Gasteiger partial charge >= 0.3 is 0 Å². The van der Waals surface area contributed by atoms with Crippen LogP contribution in [0.25, 0.3) is 0 Å². The molecule has 0 aromatic carbocycles. The zero-order valence-electron chi connectivity index (χ0n) is 16.4. The lowest BCUT2D eigenvalue weighted by molar-refractivity contribution is 0.148. The Bertz CT molecular complexity index is 746. The minimum atomic E-state index is 0.302. The summed E-state index contributed by atoms with van der Waals surface area (Å²) in [5.74, 6) is 2.89. The summed E-state index contributed by atoms with van der Waals surface area (Å²) in [5.41, 5.74) is 2.01. The van der Waals surface area contributed by atoms with Crippen LogP contribution < -0.4 is 15.4 Å². The number of rotatable bonds is 6. The third kappa shape index (κ3) is 5.70. The van der Waals surface area contributed by atoms with Gasteiger partial charge in [0.05, 0.1) is 12.2 Å². The molecule has 1 saturated carbocycles. The first-order valence-electron chi connectivity index (χ1n) is 9.63. The molecule has 0 atom stereocenters. The zero-order valence-corrected chi connectivity index (χ0v) is 16.4. The maximum absolute atomic E-state index is 6.04. The van der Waals surface area contributed by atoms with Crippen molar-refractivity contribution in [1.29, 1.82) is 0 Å². The molecule has 2 N–H and O–H groups in total. The molecule has 7 nitrogen and oxygen atoms in total. The van der Waals surface area contributed by atoms with Crippen LogP contribution in [0.15, 0.2) is 27.7 Å². The molecule has 0 unspecified atom stereocenters. The number of aliphatic imine (C=N–C) groups is 1. The summed E-state index contributed by atoms with van der Waals surface area (Å²) < 4.78 is 11.6. The Morgan fingerprint density at radius 3 is 2.70 bits per heavy atom. The van der Waals surface area contributed by atoms with E-state index in [1.807, 2.05) is 26.0 Å². The fourth-order valence-electron chi connectivity index (χ4n) is 3.16. The molecule has 0 spiro atoms. The van der Waals surface area contributed by atoms with Gasteiger partial charge in [0, 0.05) is 25.9 Å².